The fourth-order valence-corrected chi connectivity index (χ4v) is 3.56. The fraction of sp³-hybridized carbons (Fsp3) is 0.217. The number of likely N-dealkylation sites (N-methyl/N-ethyl adjacent to an activating group) is 1. The van der Waals surface area contributed by atoms with Crippen molar-refractivity contribution in [3.05, 3.63) is 79.5 Å². The van der Waals surface area contributed by atoms with Gasteiger partial charge >= 0.3 is 0 Å². The summed E-state index contributed by atoms with van der Waals surface area (Å²) in [7, 11) is 2.15. The Hall–Kier alpha value is -3.18. The van der Waals surface area contributed by atoms with E-state index < -0.39 is 0 Å². The molecule has 1 N–H and O–H groups in total. The van der Waals surface area contributed by atoms with Gasteiger partial charge in [0, 0.05) is 48.2 Å². The average Bonchev–Trinajstić information content (AvgIpc) is 3.34. The molecule has 28 heavy (non-hydrogen) atoms. The van der Waals surface area contributed by atoms with Gasteiger partial charge in [-0.1, -0.05) is 37.5 Å². The van der Waals surface area contributed by atoms with Crippen LogP contribution in [0.2, 0.25) is 0 Å². The molecule has 0 radical (unpaired) electrons. The predicted octanol–water partition coefficient (Wildman–Crippen LogP) is 4.44. The first-order valence-electron chi connectivity index (χ1n) is 9.50. The lowest BCUT2D eigenvalue weighted by Crippen LogP contribution is -2.23. The van der Waals surface area contributed by atoms with Gasteiger partial charge in [0.25, 0.3) is 0 Å². The molecule has 0 aromatic carbocycles. The molecule has 4 heterocycles. The SMILES string of the molecule is C=C/C=C(\C=C)Cn1cc(-c2c[nH]c3ncc(C4=CCN(C)CC4)cc23)cn1. The van der Waals surface area contributed by atoms with E-state index in [0.717, 1.165) is 47.2 Å². The van der Waals surface area contributed by atoms with Crippen LogP contribution in [0.25, 0.3) is 27.7 Å². The molecule has 4 rings (SSSR count). The zero-order valence-corrected chi connectivity index (χ0v) is 16.2. The Morgan fingerprint density at radius 1 is 1.29 bits per heavy atom. The second-order valence-corrected chi connectivity index (χ2v) is 7.17. The molecule has 5 nitrogen and oxygen atoms in total. The number of hydrogen-bond donors (Lipinski definition) is 1. The minimum atomic E-state index is 0.668. The van der Waals surface area contributed by atoms with Crippen molar-refractivity contribution >= 4 is 16.6 Å². The van der Waals surface area contributed by atoms with Crippen LogP contribution < -0.4 is 0 Å². The molecule has 0 bridgehead atoms. The van der Waals surface area contributed by atoms with Gasteiger partial charge in [0.15, 0.2) is 0 Å². The normalized spacial score (nSPS) is 15.6. The highest BCUT2D eigenvalue weighted by Crippen LogP contribution is 2.31. The molecule has 0 amide bonds. The molecule has 0 aliphatic carbocycles. The van der Waals surface area contributed by atoms with Crippen molar-refractivity contribution in [2.24, 2.45) is 0 Å². The molecule has 0 saturated carbocycles. The van der Waals surface area contributed by atoms with Crippen LogP contribution in [0.15, 0.2) is 73.9 Å². The predicted molar refractivity (Wildman–Crippen MR) is 116 cm³/mol. The van der Waals surface area contributed by atoms with Crippen LogP contribution >= 0.6 is 0 Å². The van der Waals surface area contributed by atoms with Gasteiger partial charge < -0.3 is 9.88 Å². The number of fused-ring (bicyclic) bond motifs is 1. The molecule has 5 heteroatoms. The number of pyridine rings is 1. The minimum absolute atomic E-state index is 0.668. The largest absolute Gasteiger partial charge is 0.346 e. The summed E-state index contributed by atoms with van der Waals surface area (Å²) >= 11 is 0. The third kappa shape index (κ3) is 3.62. The minimum Gasteiger partial charge on any atom is -0.346 e. The fourth-order valence-electron chi connectivity index (χ4n) is 3.56. The number of allylic oxidation sites excluding steroid dienone is 4. The third-order valence-corrected chi connectivity index (χ3v) is 5.20. The molecule has 0 saturated heterocycles. The number of aromatic nitrogens is 4. The molecule has 0 spiro atoms. The maximum absolute atomic E-state index is 4.64. The molecule has 3 aromatic rings. The van der Waals surface area contributed by atoms with Gasteiger partial charge in [-0.15, -0.1) is 0 Å². The van der Waals surface area contributed by atoms with E-state index in [1.807, 2.05) is 35.4 Å². The Balaban J connectivity index is 1.66. The van der Waals surface area contributed by atoms with Gasteiger partial charge in [-0.2, -0.15) is 5.10 Å². The highest BCUT2D eigenvalue weighted by Gasteiger charge is 2.14. The van der Waals surface area contributed by atoms with E-state index in [-0.39, 0.29) is 0 Å². The van der Waals surface area contributed by atoms with Gasteiger partial charge in [-0.3, -0.25) is 4.68 Å². The van der Waals surface area contributed by atoms with Crippen LogP contribution in [0.5, 0.6) is 0 Å². The lowest BCUT2D eigenvalue weighted by Gasteiger charge is -2.21. The number of hydrogen-bond acceptors (Lipinski definition) is 3. The monoisotopic (exact) mass is 371 g/mol. The van der Waals surface area contributed by atoms with Crippen molar-refractivity contribution in [1.82, 2.24) is 24.6 Å². The molecule has 3 aromatic heterocycles. The smallest absolute Gasteiger partial charge is 0.137 e. The first-order chi connectivity index (χ1) is 13.7. The van der Waals surface area contributed by atoms with Gasteiger partial charge in [0.1, 0.15) is 5.65 Å². The maximum Gasteiger partial charge on any atom is 0.137 e. The van der Waals surface area contributed by atoms with Crippen molar-refractivity contribution < 1.29 is 0 Å². The first kappa shape index (κ1) is 18.2. The molecule has 142 valence electrons. The Kier molecular flexibility index (Phi) is 5.08. The topological polar surface area (TPSA) is 49.7 Å². The Morgan fingerprint density at radius 2 is 2.18 bits per heavy atom. The lowest BCUT2D eigenvalue weighted by molar-refractivity contribution is 0.370. The van der Waals surface area contributed by atoms with E-state index >= 15 is 0 Å². The van der Waals surface area contributed by atoms with Gasteiger partial charge in [-0.05, 0) is 36.2 Å². The quantitative estimate of drug-likeness (QED) is 0.652. The number of H-pyrrole nitrogens is 1. The van der Waals surface area contributed by atoms with Crippen LogP contribution in [0.1, 0.15) is 12.0 Å². The zero-order valence-electron chi connectivity index (χ0n) is 16.2. The van der Waals surface area contributed by atoms with Crippen LogP contribution in [-0.4, -0.2) is 44.8 Å². The summed E-state index contributed by atoms with van der Waals surface area (Å²) in [5.41, 5.74) is 6.75. The molecule has 0 unspecified atom stereocenters. The summed E-state index contributed by atoms with van der Waals surface area (Å²) < 4.78 is 1.92. The number of nitrogens with zero attached hydrogens (tertiary/aromatic N) is 4. The Bertz CT molecular complexity index is 1080. The summed E-state index contributed by atoms with van der Waals surface area (Å²) in [6.45, 7) is 10.3. The molecule has 1 aliphatic rings. The third-order valence-electron chi connectivity index (χ3n) is 5.20. The first-order valence-corrected chi connectivity index (χ1v) is 9.50. The van der Waals surface area contributed by atoms with Crippen molar-refractivity contribution in [3.63, 3.8) is 0 Å². The summed E-state index contributed by atoms with van der Waals surface area (Å²) in [5.74, 6) is 0. The van der Waals surface area contributed by atoms with E-state index in [2.05, 4.69) is 58.5 Å². The van der Waals surface area contributed by atoms with Crippen molar-refractivity contribution in [2.45, 2.75) is 13.0 Å². The second kappa shape index (κ2) is 7.82. The number of aromatic amines is 1. The van der Waals surface area contributed by atoms with E-state index in [1.54, 1.807) is 6.08 Å². The maximum atomic E-state index is 4.64. The summed E-state index contributed by atoms with van der Waals surface area (Å²) in [4.78, 5) is 10.3. The highest BCUT2D eigenvalue weighted by molar-refractivity contribution is 5.95. The number of nitrogens with one attached hydrogen (secondary N) is 1. The average molecular weight is 371 g/mol. The van der Waals surface area contributed by atoms with E-state index in [4.69, 9.17) is 0 Å². The van der Waals surface area contributed by atoms with Crippen LogP contribution in [0.3, 0.4) is 0 Å². The van der Waals surface area contributed by atoms with Gasteiger partial charge in [0.2, 0.25) is 0 Å². The van der Waals surface area contributed by atoms with Gasteiger partial charge in [-0.25, -0.2) is 4.98 Å². The molecular formula is C23H25N5. The molecule has 0 fully saturated rings. The van der Waals surface area contributed by atoms with Crippen LogP contribution in [0.4, 0.5) is 0 Å². The van der Waals surface area contributed by atoms with E-state index in [9.17, 15) is 0 Å². The summed E-state index contributed by atoms with van der Waals surface area (Å²) in [6.07, 6.45) is 16.9. The Morgan fingerprint density at radius 3 is 2.93 bits per heavy atom. The lowest BCUT2D eigenvalue weighted by atomic mass is 9.99. The molecular weight excluding hydrogens is 346 g/mol. The van der Waals surface area contributed by atoms with E-state index in [1.165, 1.54) is 11.1 Å². The van der Waals surface area contributed by atoms with Crippen molar-refractivity contribution in [1.29, 1.82) is 0 Å². The van der Waals surface area contributed by atoms with Crippen molar-refractivity contribution in [3.8, 4) is 11.1 Å². The summed E-state index contributed by atoms with van der Waals surface area (Å²) in [6, 6.07) is 2.25. The second-order valence-electron chi connectivity index (χ2n) is 7.17. The van der Waals surface area contributed by atoms with E-state index in [0.29, 0.717) is 6.54 Å². The zero-order chi connectivity index (χ0) is 19.5. The van der Waals surface area contributed by atoms with Crippen LogP contribution in [0, 0.1) is 0 Å². The highest BCUT2D eigenvalue weighted by atomic mass is 15.3. The van der Waals surface area contributed by atoms with Crippen LogP contribution in [-0.2, 0) is 6.54 Å². The Labute approximate surface area is 165 Å². The summed E-state index contributed by atoms with van der Waals surface area (Å²) in [5, 5.41) is 5.64. The molecule has 0 atom stereocenters. The molecule has 1 aliphatic heterocycles. The number of rotatable bonds is 6. The standard InChI is InChI=1S/C23H25N5/c1-4-6-17(5-2)15-28-16-20(13-26-28)22-14-25-23-21(22)11-19(12-24-23)18-7-9-27(3)10-8-18/h4-7,11-14,16H,1-2,8-10,15H2,3H3,(H,24,25)/b17-6+. The van der Waals surface area contributed by atoms with Gasteiger partial charge in [0.05, 0.1) is 12.7 Å². The van der Waals surface area contributed by atoms with Crippen molar-refractivity contribution in [2.75, 3.05) is 20.1 Å².